The maximum atomic E-state index is 5.42. The van der Waals surface area contributed by atoms with Crippen LogP contribution in [0.2, 0.25) is 0 Å². The van der Waals surface area contributed by atoms with E-state index in [1.54, 1.807) is 7.11 Å². The van der Waals surface area contributed by atoms with Crippen molar-refractivity contribution in [3.63, 3.8) is 0 Å². The molecule has 1 aromatic heterocycles. The molecule has 0 unspecified atom stereocenters. The van der Waals surface area contributed by atoms with Gasteiger partial charge in [-0.1, -0.05) is 6.07 Å². The molecule has 116 valence electrons. The first kappa shape index (κ1) is 15.3. The second-order valence-electron chi connectivity index (χ2n) is 5.98. The highest BCUT2D eigenvalue weighted by Gasteiger charge is 2.26. The van der Waals surface area contributed by atoms with Gasteiger partial charge in [-0.2, -0.15) is 0 Å². The molecule has 22 heavy (non-hydrogen) atoms. The van der Waals surface area contributed by atoms with Crippen LogP contribution in [0.25, 0.3) is 0 Å². The molecule has 4 heteroatoms. The first-order chi connectivity index (χ1) is 10.5. The van der Waals surface area contributed by atoms with Crippen LogP contribution in [0.1, 0.15) is 41.1 Å². The summed E-state index contributed by atoms with van der Waals surface area (Å²) in [6.45, 7) is 6.25. The van der Waals surface area contributed by atoms with Crippen LogP contribution >= 0.6 is 15.9 Å². The molecule has 0 aliphatic heterocycles. The van der Waals surface area contributed by atoms with E-state index < -0.39 is 0 Å². The molecule has 0 atom stereocenters. The van der Waals surface area contributed by atoms with Gasteiger partial charge in [-0.05, 0) is 78.7 Å². The highest BCUT2D eigenvalue weighted by Crippen LogP contribution is 2.43. The summed E-state index contributed by atoms with van der Waals surface area (Å²) in [4.78, 5) is 4.77. The molecule has 3 nitrogen and oxygen atoms in total. The number of hydrogen-bond acceptors (Lipinski definition) is 3. The van der Waals surface area contributed by atoms with Gasteiger partial charge >= 0.3 is 0 Å². The second-order valence-corrected chi connectivity index (χ2v) is 6.83. The number of anilines is 2. The number of pyridine rings is 1. The summed E-state index contributed by atoms with van der Waals surface area (Å²) < 4.78 is 6.43. The van der Waals surface area contributed by atoms with Crippen molar-refractivity contribution in [2.75, 3.05) is 12.4 Å². The Morgan fingerprint density at radius 1 is 1.23 bits per heavy atom. The number of aryl methyl sites for hydroxylation is 2. The number of hydrogen-bond donors (Lipinski definition) is 1. The molecular formula is C18H21BrN2O. The monoisotopic (exact) mass is 360 g/mol. The lowest BCUT2D eigenvalue weighted by Crippen LogP contribution is -2.03. The average molecular weight is 361 g/mol. The highest BCUT2D eigenvalue weighted by atomic mass is 79.9. The fourth-order valence-electron chi connectivity index (χ4n) is 2.85. The van der Waals surface area contributed by atoms with Crippen molar-refractivity contribution in [2.45, 2.75) is 39.5 Å². The second kappa shape index (κ2) is 5.92. The Kier molecular flexibility index (Phi) is 4.13. The summed E-state index contributed by atoms with van der Waals surface area (Å²) in [6.07, 6.45) is 2.58. The van der Waals surface area contributed by atoms with Crippen LogP contribution in [0.5, 0.6) is 5.75 Å². The summed E-state index contributed by atoms with van der Waals surface area (Å²) >= 11 is 3.66. The SMILES string of the molecule is COc1ccc(C)c(Nc2nc(C)c(C3CC3)cc2Br)c1C. The van der Waals surface area contributed by atoms with E-state index in [0.29, 0.717) is 5.92 Å². The zero-order valence-electron chi connectivity index (χ0n) is 13.5. The Hall–Kier alpha value is -1.55. The summed E-state index contributed by atoms with van der Waals surface area (Å²) in [7, 11) is 1.70. The lowest BCUT2D eigenvalue weighted by Gasteiger charge is -2.17. The first-order valence-corrected chi connectivity index (χ1v) is 8.38. The van der Waals surface area contributed by atoms with E-state index >= 15 is 0 Å². The molecule has 1 saturated carbocycles. The van der Waals surface area contributed by atoms with Crippen LogP contribution in [0, 0.1) is 20.8 Å². The topological polar surface area (TPSA) is 34.1 Å². The third-order valence-electron chi connectivity index (χ3n) is 4.31. The van der Waals surface area contributed by atoms with Crippen LogP contribution in [-0.2, 0) is 0 Å². The molecule has 1 N–H and O–H groups in total. The van der Waals surface area contributed by atoms with Gasteiger partial charge in [-0.25, -0.2) is 4.98 Å². The Bertz CT molecular complexity index is 724. The minimum absolute atomic E-state index is 0.707. The van der Waals surface area contributed by atoms with Gasteiger partial charge in [0, 0.05) is 16.9 Å². The smallest absolute Gasteiger partial charge is 0.145 e. The van der Waals surface area contributed by atoms with Crippen molar-refractivity contribution < 1.29 is 4.74 Å². The van der Waals surface area contributed by atoms with Gasteiger partial charge in [0.2, 0.25) is 0 Å². The van der Waals surface area contributed by atoms with Crippen LogP contribution in [-0.4, -0.2) is 12.1 Å². The van der Waals surface area contributed by atoms with E-state index in [2.05, 4.69) is 54.2 Å². The Morgan fingerprint density at radius 3 is 2.59 bits per heavy atom. The molecule has 0 radical (unpaired) electrons. The predicted molar refractivity (Wildman–Crippen MR) is 94.4 cm³/mol. The minimum Gasteiger partial charge on any atom is -0.496 e. The molecule has 3 rings (SSSR count). The van der Waals surface area contributed by atoms with Gasteiger partial charge in [-0.15, -0.1) is 0 Å². The summed E-state index contributed by atoms with van der Waals surface area (Å²) in [5, 5.41) is 3.47. The molecule has 1 aromatic carbocycles. The van der Waals surface area contributed by atoms with E-state index in [4.69, 9.17) is 9.72 Å². The van der Waals surface area contributed by atoms with Crippen molar-refractivity contribution in [3.8, 4) is 5.75 Å². The molecule has 1 heterocycles. The Morgan fingerprint density at radius 2 is 1.95 bits per heavy atom. The maximum absolute atomic E-state index is 5.42. The van der Waals surface area contributed by atoms with E-state index in [9.17, 15) is 0 Å². The molecule has 0 spiro atoms. The number of aromatic nitrogens is 1. The maximum Gasteiger partial charge on any atom is 0.145 e. The molecular weight excluding hydrogens is 340 g/mol. The molecule has 1 aliphatic carbocycles. The minimum atomic E-state index is 0.707. The van der Waals surface area contributed by atoms with E-state index in [-0.39, 0.29) is 0 Å². The number of nitrogens with one attached hydrogen (secondary N) is 1. The molecule has 0 bridgehead atoms. The largest absolute Gasteiger partial charge is 0.496 e. The molecule has 2 aromatic rings. The van der Waals surface area contributed by atoms with Gasteiger partial charge in [0.25, 0.3) is 0 Å². The van der Waals surface area contributed by atoms with Crippen molar-refractivity contribution in [1.29, 1.82) is 0 Å². The third kappa shape index (κ3) is 2.84. The van der Waals surface area contributed by atoms with Gasteiger partial charge < -0.3 is 10.1 Å². The fraction of sp³-hybridized carbons (Fsp3) is 0.389. The normalized spacial score (nSPS) is 14.0. The lowest BCUT2D eigenvalue weighted by atomic mass is 10.1. The third-order valence-corrected chi connectivity index (χ3v) is 4.91. The first-order valence-electron chi connectivity index (χ1n) is 7.59. The summed E-state index contributed by atoms with van der Waals surface area (Å²) in [5.41, 5.74) is 5.82. The molecule has 0 saturated heterocycles. The Balaban J connectivity index is 1.98. The fourth-order valence-corrected chi connectivity index (χ4v) is 3.28. The summed E-state index contributed by atoms with van der Waals surface area (Å²) in [5.74, 6) is 2.45. The Labute approximate surface area is 140 Å². The molecule has 0 amide bonds. The summed E-state index contributed by atoms with van der Waals surface area (Å²) in [6, 6.07) is 6.28. The van der Waals surface area contributed by atoms with Gasteiger partial charge in [0.15, 0.2) is 0 Å². The van der Waals surface area contributed by atoms with Crippen molar-refractivity contribution in [1.82, 2.24) is 4.98 Å². The standard InChI is InChI=1S/C18H21BrN2O/c1-10-5-8-16(22-4)11(2)17(10)21-18-15(19)9-14(12(3)20-18)13-6-7-13/h5,8-9,13H,6-7H2,1-4H3,(H,20,21). The zero-order valence-corrected chi connectivity index (χ0v) is 15.0. The van der Waals surface area contributed by atoms with Crippen molar-refractivity contribution in [3.05, 3.63) is 45.1 Å². The lowest BCUT2D eigenvalue weighted by molar-refractivity contribution is 0.412. The molecule has 1 aliphatic rings. The van der Waals surface area contributed by atoms with Crippen LogP contribution in [0.3, 0.4) is 0 Å². The average Bonchev–Trinajstić information content (AvgIpc) is 3.31. The van der Waals surface area contributed by atoms with Crippen LogP contribution in [0.4, 0.5) is 11.5 Å². The van der Waals surface area contributed by atoms with Crippen LogP contribution < -0.4 is 10.1 Å². The molecule has 1 fully saturated rings. The van der Waals surface area contributed by atoms with E-state index in [1.165, 1.54) is 24.0 Å². The predicted octanol–water partition coefficient (Wildman–Crippen LogP) is 5.40. The van der Waals surface area contributed by atoms with E-state index in [0.717, 1.165) is 33.0 Å². The van der Waals surface area contributed by atoms with Gasteiger partial charge in [0.1, 0.15) is 11.6 Å². The highest BCUT2D eigenvalue weighted by molar-refractivity contribution is 9.10. The number of halogens is 1. The number of nitrogens with zero attached hydrogens (tertiary/aromatic N) is 1. The number of methoxy groups -OCH3 is 1. The van der Waals surface area contributed by atoms with Crippen molar-refractivity contribution in [2.24, 2.45) is 0 Å². The number of ether oxygens (including phenoxy) is 1. The number of rotatable bonds is 4. The van der Waals surface area contributed by atoms with Crippen molar-refractivity contribution >= 4 is 27.4 Å². The van der Waals surface area contributed by atoms with Gasteiger partial charge in [-0.3, -0.25) is 0 Å². The quantitative estimate of drug-likeness (QED) is 0.792. The zero-order chi connectivity index (χ0) is 15.9. The van der Waals surface area contributed by atoms with Gasteiger partial charge in [0.05, 0.1) is 11.6 Å². The number of benzene rings is 1. The van der Waals surface area contributed by atoms with E-state index in [1.807, 2.05) is 6.07 Å². The van der Waals surface area contributed by atoms with Crippen LogP contribution in [0.15, 0.2) is 22.7 Å².